The minimum atomic E-state index is 0.258. The molecule has 1 atom stereocenters. The van der Waals surface area contributed by atoms with Crippen LogP contribution in [0.5, 0.6) is 0 Å². The maximum atomic E-state index is 8.54. The van der Waals surface area contributed by atoms with Crippen molar-refractivity contribution in [1.82, 2.24) is 5.32 Å². The molecule has 0 bridgehead atoms. The number of hydrogen-bond donors (Lipinski definition) is 3. The SMILES string of the molecule is CCC(CC(N)=NO)NCc1cc(C)c(C)s1. The van der Waals surface area contributed by atoms with E-state index in [1.165, 1.54) is 15.3 Å². The zero-order valence-corrected chi connectivity index (χ0v) is 11.5. The third kappa shape index (κ3) is 4.36. The summed E-state index contributed by atoms with van der Waals surface area (Å²) in [6.07, 6.45) is 1.54. The fourth-order valence-corrected chi connectivity index (χ4v) is 2.64. The van der Waals surface area contributed by atoms with Crippen LogP contribution in [-0.2, 0) is 6.54 Å². The van der Waals surface area contributed by atoms with Gasteiger partial charge in [0.1, 0.15) is 5.84 Å². The highest BCUT2D eigenvalue weighted by molar-refractivity contribution is 7.12. The lowest BCUT2D eigenvalue weighted by atomic mass is 10.1. The van der Waals surface area contributed by atoms with E-state index in [4.69, 9.17) is 10.9 Å². The molecule has 0 amide bonds. The van der Waals surface area contributed by atoms with Gasteiger partial charge in [-0.25, -0.2) is 0 Å². The van der Waals surface area contributed by atoms with Gasteiger partial charge in [-0.2, -0.15) is 0 Å². The Morgan fingerprint density at radius 1 is 1.59 bits per heavy atom. The quantitative estimate of drug-likeness (QED) is 0.316. The summed E-state index contributed by atoms with van der Waals surface area (Å²) in [5.41, 5.74) is 6.85. The van der Waals surface area contributed by atoms with Crippen LogP contribution >= 0.6 is 11.3 Å². The molecule has 0 spiro atoms. The second-order valence-corrected chi connectivity index (χ2v) is 5.57. The van der Waals surface area contributed by atoms with Crippen molar-refractivity contribution in [2.24, 2.45) is 10.9 Å². The van der Waals surface area contributed by atoms with Gasteiger partial charge in [0.2, 0.25) is 0 Å². The van der Waals surface area contributed by atoms with Crippen molar-refractivity contribution in [1.29, 1.82) is 0 Å². The van der Waals surface area contributed by atoms with Crippen molar-refractivity contribution in [3.8, 4) is 0 Å². The van der Waals surface area contributed by atoms with E-state index in [1.807, 2.05) is 11.3 Å². The average Bonchev–Trinajstić information content (AvgIpc) is 2.63. The van der Waals surface area contributed by atoms with E-state index in [-0.39, 0.29) is 11.9 Å². The van der Waals surface area contributed by atoms with Crippen molar-refractivity contribution < 1.29 is 5.21 Å². The summed E-state index contributed by atoms with van der Waals surface area (Å²) in [6.45, 7) is 7.20. The molecule has 0 aliphatic carbocycles. The molecule has 0 aliphatic rings. The normalized spacial score (nSPS) is 13.9. The molecule has 0 aromatic carbocycles. The molecule has 0 aliphatic heterocycles. The van der Waals surface area contributed by atoms with Crippen LogP contribution in [0.1, 0.15) is 35.1 Å². The lowest BCUT2D eigenvalue weighted by Gasteiger charge is -2.15. The molecule has 17 heavy (non-hydrogen) atoms. The Morgan fingerprint density at radius 2 is 2.29 bits per heavy atom. The third-order valence-electron chi connectivity index (χ3n) is 2.86. The predicted molar refractivity (Wildman–Crippen MR) is 72.7 cm³/mol. The Kier molecular flexibility index (Phi) is 5.44. The van der Waals surface area contributed by atoms with Crippen LogP contribution in [0.4, 0.5) is 0 Å². The number of thiophene rings is 1. The molecule has 1 aromatic rings. The molecule has 4 N–H and O–H groups in total. The molecule has 0 radical (unpaired) electrons. The van der Waals surface area contributed by atoms with Crippen LogP contribution < -0.4 is 11.1 Å². The number of nitrogens with one attached hydrogen (secondary N) is 1. The molecule has 1 unspecified atom stereocenters. The minimum absolute atomic E-state index is 0.258. The highest BCUT2D eigenvalue weighted by Gasteiger charge is 2.09. The Labute approximate surface area is 107 Å². The average molecular weight is 255 g/mol. The first kappa shape index (κ1) is 14.0. The third-order valence-corrected chi connectivity index (χ3v) is 4.01. The van der Waals surface area contributed by atoms with Crippen LogP contribution in [0.2, 0.25) is 0 Å². The number of oxime groups is 1. The number of hydrogen-bond acceptors (Lipinski definition) is 4. The minimum Gasteiger partial charge on any atom is -0.409 e. The number of amidine groups is 1. The molecule has 5 heteroatoms. The van der Waals surface area contributed by atoms with E-state index in [0.717, 1.165) is 13.0 Å². The molecular formula is C12H21N3OS. The topological polar surface area (TPSA) is 70.6 Å². The Hall–Kier alpha value is -1.07. The van der Waals surface area contributed by atoms with Crippen LogP contribution in [0.25, 0.3) is 0 Å². The van der Waals surface area contributed by atoms with Gasteiger partial charge in [0, 0.05) is 28.8 Å². The van der Waals surface area contributed by atoms with E-state index < -0.39 is 0 Å². The standard InChI is InChI=1S/C12H21N3OS/c1-4-10(6-12(13)15-16)14-7-11-5-8(2)9(3)17-11/h5,10,14,16H,4,6-7H2,1-3H3,(H2,13,15). The number of nitrogens with zero attached hydrogens (tertiary/aromatic N) is 1. The molecule has 1 heterocycles. The molecule has 96 valence electrons. The summed E-state index contributed by atoms with van der Waals surface area (Å²) < 4.78 is 0. The van der Waals surface area contributed by atoms with Crippen LogP contribution in [0.3, 0.4) is 0 Å². The Balaban J connectivity index is 2.47. The summed E-state index contributed by atoms with van der Waals surface area (Å²) in [4.78, 5) is 2.70. The first-order valence-corrected chi connectivity index (χ1v) is 6.64. The van der Waals surface area contributed by atoms with Gasteiger partial charge >= 0.3 is 0 Å². The van der Waals surface area contributed by atoms with E-state index >= 15 is 0 Å². The lowest BCUT2D eigenvalue weighted by molar-refractivity contribution is 0.315. The summed E-state index contributed by atoms with van der Waals surface area (Å²) in [6, 6.07) is 2.47. The molecule has 0 fully saturated rings. The summed E-state index contributed by atoms with van der Waals surface area (Å²) in [5, 5.41) is 15.0. The van der Waals surface area contributed by atoms with Crippen LogP contribution in [0, 0.1) is 13.8 Å². The molecular weight excluding hydrogens is 234 g/mol. The fourth-order valence-electron chi connectivity index (χ4n) is 1.64. The smallest absolute Gasteiger partial charge is 0.140 e. The van der Waals surface area contributed by atoms with E-state index in [2.05, 4.69) is 37.3 Å². The lowest BCUT2D eigenvalue weighted by Crippen LogP contribution is -2.32. The number of aryl methyl sites for hydroxylation is 2. The molecule has 4 nitrogen and oxygen atoms in total. The van der Waals surface area contributed by atoms with Gasteiger partial charge in [-0.1, -0.05) is 12.1 Å². The summed E-state index contributed by atoms with van der Waals surface area (Å²) in [7, 11) is 0. The Morgan fingerprint density at radius 3 is 2.76 bits per heavy atom. The zero-order chi connectivity index (χ0) is 12.8. The summed E-state index contributed by atoms with van der Waals surface area (Å²) in [5.74, 6) is 0.280. The van der Waals surface area contributed by atoms with Gasteiger partial charge in [-0.15, -0.1) is 11.3 Å². The first-order chi connectivity index (χ1) is 8.06. The van der Waals surface area contributed by atoms with Crippen LogP contribution in [0.15, 0.2) is 11.2 Å². The van der Waals surface area contributed by atoms with Crippen molar-refractivity contribution >= 4 is 17.2 Å². The first-order valence-electron chi connectivity index (χ1n) is 5.82. The van der Waals surface area contributed by atoms with Gasteiger partial charge < -0.3 is 16.3 Å². The van der Waals surface area contributed by atoms with Gasteiger partial charge in [-0.3, -0.25) is 0 Å². The maximum Gasteiger partial charge on any atom is 0.140 e. The van der Waals surface area contributed by atoms with E-state index in [0.29, 0.717) is 6.42 Å². The van der Waals surface area contributed by atoms with Gasteiger partial charge in [0.05, 0.1) is 0 Å². The molecule has 1 aromatic heterocycles. The second-order valence-electron chi connectivity index (χ2n) is 4.23. The van der Waals surface area contributed by atoms with Gasteiger partial charge in [0.25, 0.3) is 0 Å². The number of rotatable bonds is 6. The van der Waals surface area contributed by atoms with E-state index in [9.17, 15) is 0 Å². The maximum absolute atomic E-state index is 8.54. The Bertz CT molecular complexity index is 368. The zero-order valence-electron chi connectivity index (χ0n) is 10.7. The largest absolute Gasteiger partial charge is 0.409 e. The molecule has 0 saturated heterocycles. The fraction of sp³-hybridized carbons (Fsp3) is 0.583. The van der Waals surface area contributed by atoms with Crippen LogP contribution in [-0.4, -0.2) is 17.1 Å². The second kappa shape index (κ2) is 6.61. The van der Waals surface area contributed by atoms with E-state index in [1.54, 1.807) is 0 Å². The highest BCUT2D eigenvalue weighted by Crippen LogP contribution is 2.20. The molecule has 1 rings (SSSR count). The highest BCUT2D eigenvalue weighted by atomic mass is 32.1. The van der Waals surface area contributed by atoms with Crippen molar-refractivity contribution in [3.05, 3.63) is 21.4 Å². The van der Waals surface area contributed by atoms with Crippen molar-refractivity contribution in [3.63, 3.8) is 0 Å². The summed E-state index contributed by atoms with van der Waals surface area (Å²) >= 11 is 1.82. The predicted octanol–water partition coefficient (Wildman–Crippen LogP) is 2.37. The van der Waals surface area contributed by atoms with Crippen molar-refractivity contribution in [2.45, 2.75) is 46.2 Å². The number of nitrogens with two attached hydrogens (primary N) is 1. The van der Waals surface area contributed by atoms with Crippen molar-refractivity contribution in [2.75, 3.05) is 0 Å². The molecule has 0 saturated carbocycles. The monoisotopic (exact) mass is 255 g/mol. The van der Waals surface area contributed by atoms with Gasteiger partial charge in [-0.05, 0) is 31.9 Å². The van der Waals surface area contributed by atoms with Gasteiger partial charge in [0.15, 0.2) is 0 Å².